The highest BCUT2D eigenvalue weighted by atomic mass is 35.5. The first kappa shape index (κ1) is 21.3. The topological polar surface area (TPSA) is 68.2 Å². The molecule has 0 radical (unpaired) electrons. The Morgan fingerprint density at radius 3 is 2.34 bits per heavy atom. The highest BCUT2D eigenvalue weighted by Gasteiger charge is 2.33. The Morgan fingerprint density at radius 1 is 1.14 bits per heavy atom. The molecule has 2 unspecified atom stereocenters. The van der Waals surface area contributed by atoms with Crippen molar-refractivity contribution >= 4 is 17.6 Å². The lowest BCUT2D eigenvalue weighted by Crippen LogP contribution is -2.41. The van der Waals surface area contributed by atoms with Crippen LogP contribution in [0.15, 0.2) is 36.4 Å². The number of hydrogen-bond acceptors (Lipinski definition) is 5. The smallest absolute Gasteiger partial charge is 0.307 e. The summed E-state index contributed by atoms with van der Waals surface area (Å²) in [4.78, 5) is 13.8. The predicted octanol–water partition coefficient (Wildman–Crippen LogP) is 4.25. The van der Waals surface area contributed by atoms with Crippen molar-refractivity contribution in [2.24, 2.45) is 5.92 Å². The van der Waals surface area contributed by atoms with Crippen molar-refractivity contribution in [1.82, 2.24) is 4.90 Å². The van der Waals surface area contributed by atoms with Crippen molar-refractivity contribution in [3.63, 3.8) is 0 Å². The highest BCUT2D eigenvalue weighted by Crippen LogP contribution is 2.44. The summed E-state index contributed by atoms with van der Waals surface area (Å²) in [5.74, 6) is 0.434. The van der Waals surface area contributed by atoms with Crippen LogP contribution in [0, 0.1) is 5.92 Å². The Balaban J connectivity index is 2.14. The standard InChI is InChI=1S/C22H26ClNO5/c1-27-18-11-15(12-19(28-2)21(18)29-3)20(16-8-4-5-9-17(16)23)24-10-6-7-14(13-24)22(25)26/h4-5,8-9,11-12,14,20H,6-7,10,13H2,1-3H3,(H,25,26). The Bertz CT molecular complexity index is 847. The SMILES string of the molecule is COc1cc(C(c2ccccc2Cl)N2CCCC(C(=O)O)C2)cc(OC)c1OC. The zero-order chi connectivity index (χ0) is 21.0. The molecule has 1 fully saturated rings. The molecule has 1 aliphatic heterocycles. The van der Waals surface area contributed by atoms with Gasteiger partial charge in [-0.15, -0.1) is 0 Å². The summed E-state index contributed by atoms with van der Waals surface area (Å²) in [6.07, 6.45) is 1.48. The molecule has 3 rings (SSSR count). The van der Waals surface area contributed by atoms with E-state index in [1.807, 2.05) is 36.4 Å². The molecule has 0 saturated carbocycles. The molecule has 156 valence electrons. The molecule has 1 N–H and O–H groups in total. The molecule has 2 atom stereocenters. The molecule has 2 aromatic rings. The summed E-state index contributed by atoms with van der Waals surface area (Å²) in [6, 6.07) is 11.2. The van der Waals surface area contributed by atoms with Gasteiger partial charge in [0.25, 0.3) is 0 Å². The van der Waals surface area contributed by atoms with Crippen LogP contribution in [0.25, 0.3) is 0 Å². The van der Waals surface area contributed by atoms with E-state index in [2.05, 4.69) is 4.90 Å². The van der Waals surface area contributed by atoms with Gasteiger partial charge in [-0.3, -0.25) is 9.69 Å². The fourth-order valence-corrected chi connectivity index (χ4v) is 4.22. The van der Waals surface area contributed by atoms with Crippen LogP contribution in [0.4, 0.5) is 0 Å². The molecule has 7 heteroatoms. The van der Waals surface area contributed by atoms with Crippen LogP contribution < -0.4 is 14.2 Å². The van der Waals surface area contributed by atoms with E-state index in [9.17, 15) is 9.90 Å². The van der Waals surface area contributed by atoms with Crippen LogP contribution in [0.5, 0.6) is 17.2 Å². The first-order valence-corrected chi connectivity index (χ1v) is 9.89. The van der Waals surface area contributed by atoms with Gasteiger partial charge < -0.3 is 19.3 Å². The van der Waals surface area contributed by atoms with E-state index in [1.165, 1.54) is 0 Å². The molecule has 2 aromatic carbocycles. The van der Waals surface area contributed by atoms with Gasteiger partial charge in [-0.2, -0.15) is 0 Å². The molecular formula is C22H26ClNO5. The van der Waals surface area contributed by atoms with E-state index in [0.29, 0.717) is 35.2 Å². The number of carbonyl (C=O) groups is 1. The van der Waals surface area contributed by atoms with Crippen LogP contribution in [0.1, 0.15) is 30.0 Å². The second-order valence-electron chi connectivity index (χ2n) is 7.06. The number of rotatable bonds is 7. The number of aliphatic carboxylic acids is 1. The second-order valence-corrected chi connectivity index (χ2v) is 7.46. The number of benzene rings is 2. The van der Waals surface area contributed by atoms with Crippen molar-refractivity contribution in [2.75, 3.05) is 34.4 Å². The number of halogens is 1. The molecule has 0 aromatic heterocycles. The molecule has 0 amide bonds. The molecule has 1 aliphatic rings. The zero-order valence-corrected chi connectivity index (χ0v) is 17.6. The number of carboxylic acids is 1. The average Bonchev–Trinajstić information content (AvgIpc) is 2.74. The minimum absolute atomic E-state index is 0.237. The molecule has 29 heavy (non-hydrogen) atoms. The summed E-state index contributed by atoms with van der Waals surface area (Å²) in [5.41, 5.74) is 1.81. The van der Waals surface area contributed by atoms with Gasteiger partial charge in [-0.05, 0) is 48.7 Å². The summed E-state index contributed by atoms with van der Waals surface area (Å²) >= 11 is 6.56. The van der Waals surface area contributed by atoms with Crippen molar-refractivity contribution in [3.8, 4) is 17.2 Å². The monoisotopic (exact) mass is 419 g/mol. The summed E-state index contributed by atoms with van der Waals surface area (Å²) in [5, 5.41) is 10.2. The minimum Gasteiger partial charge on any atom is -0.493 e. The van der Waals surface area contributed by atoms with Gasteiger partial charge in [0.1, 0.15) is 0 Å². The first-order chi connectivity index (χ1) is 14.0. The van der Waals surface area contributed by atoms with E-state index in [4.69, 9.17) is 25.8 Å². The Hall–Kier alpha value is -2.44. The lowest BCUT2D eigenvalue weighted by Gasteiger charge is -2.38. The van der Waals surface area contributed by atoms with Gasteiger partial charge in [0.2, 0.25) is 5.75 Å². The van der Waals surface area contributed by atoms with E-state index >= 15 is 0 Å². The quantitative estimate of drug-likeness (QED) is 0.723. The van der Waals surface area contributed by atoms with Gasteiger partial charge in [0.15, 0.2) is 11.5 Å². The largest absolute Gasteiger partial charge is 0.493 e. The molecule has 1 heterocycles. The third kappa shape index (κ3) is 4.43. The number of piperidine rings is 1. The summed E-state index contributed by atoms with van der Waals surface area (Å²) in [6.45, 7) is 1.22. The molecule has 0 bridgehead atoms. The second kappa shape index (κ2) is 9.37. The number of carboxylic acid groups (broad SMARTS) is 1. The molecule has 6 nitrogen and oxygen atoms in total. The minimum atomic E-state index is -0.766. The lowest BCUT2D eigenvalue weighted by molar-refractivity contribution is -0.143. The molecule has 1 saturated heterocycles. The van der Waals surface area contributed by atoms with Gasteiger partial charge in [-0.1, -0.05) is 29.8 Å². The van der Waals surface area contributed by atoms with Crippen molar-refractivity contribution in [3.05, 3.63) is 52.5 Å². The maximum atomic E-state index is 11.6. The van der Waals surface area contributed by atoms with Gasteiger partial charge in [0, 0.05) is 11.6 Å². The molecular weight excluding hydrogens is 394 g/mol. The third-order valence-corrected chi connectivity index (χ3v) is 5.71. The van der Waals surface area contributed by atoms with Crippen molar-refractivity contribution < 1.29 is 24.1 Å². The number of hydrogen-bond donors (Lipinski definition) is 1. The predicted molar refractivity (Wildman–Crippen MR) is 111 cm³/mol. The Kier molecular flexibility index (Phi) is 6.87. The van der Waals surface area contributed by atoms with Crippen LogP contribution in [-0.4, -0.2) is 50.4 Å². The Labute approximate surface area is 175 Å². The van der Waals surface area contributed by atoms with E-state index in [-0.39, 0.29) is 6.04 Å². The lowest BCUT2D eigenvalue weighted by atomic mass is 9.91. The van der Waals surface area contributed by atoms with E-state index in [1.54, 1.807) is 21.3 Å². The van der Waals surface area contributed by atoms with Crippen molar-refractivity contribution in [2.45, 2.75) is 18.9 Å². The third-order valence-electron chi connectivity index (χ3n) is 5.37. The number of methoxy groups -OCH3 is 3. The number of ether oxygens (including phenoxy) is 3. The summed E-state index contributed by atoms with van der Waals surface area (Å²) in [7, 11) is 4.72. The fourth-order valence-electron chi connectivity index (χ4n) is 3.99. The number of likely N-dealkylation sites (tertiary alicyclic amines) is 1. The first-order valence-electron chi connectivity index (χ1n) is 9.51. The maximum absolute atomic E-state index is 11.6. The van der Waals surface area contributed by atoms with Crippen LogP contribution in [0.2, 0.25) is 5.02 Å². The van der Waals surface area contributed by atoms with Gasteiger partial charge in [-0.25, -0.2) is 0 Å². The van der Waals surface area contributed by atoms with Crippen molar-refractivity contribution in [1.29, 1.82) is 0 Å². The molecule has 0 spiro atoms. The summed E-state index contributed by atoms with van der Waals surface area (Å²) < 4.78 is 16.5. The average molecular weight is 420 g/mol. The van der Waals surface area contributed by atoms with Gasteiger partial charge >= 0.3 is 5.97 Å². The van der Waals surface area contributed by atoms with Crippen LogP contribution in [-0.2, 0) is 4.79 Å². The van der Waals surface area contributed by atoms with Gasteiger partial charge in [0.05, 0.1) is 33.3 Å². The van der Waals surface area contributed by atoms with Crippen LogP contribution in [0.3, 0.4) is 0 Å². The number of nitrogens with zero attached hydrogens (tertiary/aromatic N) is 1. The molecule has 0 aliphatic carbocycles. The Morgan fingerprint density at radius 2 is 1.79 bits per heavy atom. The maximum Gasteiger partial charge on any atom is 0.307 e. The van der Waals surface area contributed by atoms with E-state index < -0.39 is 11.9 Å². The fraction of sp³-hybridized carbons (Fsp3) is 0.409. The zero-order valence-electron chi connectivity index (χ0n) is 16.9. The van der Waals surface area contributed by atoms with Crippen LogP contribution >= 0.6 is 11.6 Å². The van der Waals surface area contributed by atoms with E-state index in [0.717, 1.165) is 24.1 Å². The highest BCUT2D eigenvalue weighted by molar-refractivity contribution is 6.31. The normalized spacial score (nSPS) is 18.1.